The highest BCUT2D eigenvalue weighted by molar-refractivity contribution is 4.95. The van der Waals surface area contributed by atoms with Crippen LogP contribution in [0.2, 0.25) is 0 Å². The normalized spacial score (nSPS) is 18.9. The third-order valence-corrected chi connectivity index (χ3v) is 4.75. The van der Waals surface area contributed by atoms with Crippen LogP contribution in [0.15, 0.2) is 12.4 Å². The minimum atomic E-state index is 0.251. The van der Waals surface area contributed by atoms with Crippen LogP contribution in [0.1, 0.15) is 44.9 Å². The summed E-state index contributed by atoms with van der Waals surface area (Å²) in [5, 5.41) is 0. The molecule has 108 valence electrons. The number of imidazole rings is 1. The lowest BCUT2D eigenvalue weighted by molar-refractivity contribution is 0.0584. The van der Waals surface area contributed by atoms with Gasteiger partial charge in [0.2, 0.25) is 0 Å². The molecule has 1 heterocycles. The first-order valence-electron chi connectivity index (χ1n) is 7.65. The molecule has 2 N–H and O–H groups in total. The molecule has 1 saturated carbocycles. The predicted molar refractivity (Wildman–Crippen MR) is 79.1 cm³/mol. The Labute approximate surface area is 117 Å². The molecule has 0 aromatic carbocycles. The maximum absolute atomic E-state index is 6.13. The van der Waals surface area contributed by atoms with Crippen molar-refractivity contribution in [2.24, 2.45) is 5.73 Å². The number of hydrogen-bond donors (Lipinski definition) is 1. The standard InChI is InChI=1S/C15H28N4/c1-3-19(12-11-18-10-9-17-14(18)2)15(13-16)7-5-4-6-8-15/h9-10H,3-8,11-13,16H2,1-2H3. The van der Waals surface area contributed by atoms with E-state index in [2.05, 4.69) is 34.5 Å². The molecule has 4 nitrogen and oxygen atoms in total. The van der Waals surface area contributed by atoms with Crippen molar-refractivity contribution in [2.45, 2.75) is 58.0 Å². The second-order valence-electron chi connectivity index (χ2n) is 5.74. The van der Waals surface area contributed by atoms with Gasteiger partial charge < -0.3 is 10.3 Å². The Hall–Kier alpha value is -0.870. The van der Waals surface area contributed by atoms with E-state index in [1.807, 2.05) is 6.20 Å². The zero-order valence-electron chi connectivity index (χ0n) is 12.4. The molecule has 1 aliphatic carbocycles. The highest BCUT2D eigenvalue weighted by Crippen LogP contribution is 2.32. The molecule has 0 unspecified atom stereocenters. The van der Waals surface area contributed by atoms with Gasteiger partial charge in [-0.1, -0.05) is 26.2 Å². The molecule has 0 amide bonds. The van der Waals surface area contributed by atoms with E-state index in [9.17, 15) is 0 Å². The van der Waals surface area contributed by atoms with E-state index in [1.165, 1.54) is 32.1 Å². The fourth-order valence-electron chi connectivity index (χ4n) is 3.46. The summed E-state index contributed by atoms with van der Waals surface area (Å²) in [6.45, 7) is 8.30. The Balaban J connectivity index is 2.00. The van der Waals surface area contributed by atoms with Crippen LogP contribution in [0.25, 0.3) is 0 Å². The van der Waals surface area contributed by atoms with Crippen LogP contribution in [0.5, 0.6) is 0 Å². The van der Waals surface area contributed by atoms with Gasteiger partial charge in [-0.25, -0.2) is 4.98 Å². The third-order valence-electron chi connectivity index (χ3n) is 4.75. The molecule has 0 radical (unpaired) electrons. The van der Waals surface area contributed by atoms with E-state index in [4.69, 9.17) is 5.73 Å². The number of nitrogens with zero attached hydrogens (tertiary/aromatic N) is 3. The summed E-state index contributed by atoms with van der Waals surface area (Å²) in [6, 6.07) is 0. The molecular weight excluding hydrogens is 236 g/mol. The van der Waals surface area contributed by atoms with Crippen LogP contribution in [-0.4, -0.2) is 39.6 Å². The topological polar surface area (TPSA) is 47.1 Å². The second-order valence-corrected chi connectivity index (χ2v) is 5.74. The Morgan fingerprint density at radius 3 is 2.63 bits per heavy atom. The number of nitrogens with two attached hydrogens (primary N) is 1. The van der Waals surface area contributed by atoms with Crippen molar-refractivity contribution in [1.82, 2.24) is 14.5 Å². The van der Waals surface area contributed by atoms with Crippen molar-refractivity contribution in [3.05, 3.63) is 18.2 Å². The first-order chi connectivity index (χ1) is 9.22. The zero-order chi connectivity index (χ0) is 13.7. The minimum absolute atomic E-state index is 0.251. The third kappa shape index (κ3) is 3.18. The van der Waals surface area contributed by atoms with Gasteiger partial charge >= 0.3 is 0 Å². The molecule has 0 aliphatic heterocycles. The summed E-state index contributed by atoms with van der Waals surface area (Å²) in [5.74, 6) is 1.10. The molecule has 1 fully saturated rings. The van der Waals surface area contributed by atoms with E-state index in [1.54, 1.807) is 0 Å². The van der Waals surface area contributed by atoms with Crippen molar-refractivity contribution in [3.63, 3.8) is 0 Å². The van der Waals surface area contributed by atoms with Crippen molar-refractivity contribution in [3.8, 4) is 0 Å². The van der Waals surface area contributed by atoms with E-state index in [-0.39, 0.29) is 5.54 Å². The largest absolute Gasteiger partial charge is 0.334 e. The van der Waals surface area contributed by atoms with Gasteiger partial charge in [-0.15, -0.1) is 0 Å². The number of aryl methyl sites for hydroxylation is 1. The average molecular weight is 264 g/mol. The molecule has 0 saturated heterocycles. The molecule has 1 aromatic heterocycles. The number of aromatic nitrogens is 2. The zero-order valence-corrected chi connectivity index (χ0v) is 12.4. The molecule has 1 aromatic rings. The lowest BCUT2D eigenvalue weighted by Crippen LogP contribution is -2.55. The maximum atomic E-state index is 6.13. The lowest BCUT2D eigenvalue weighted by Gasteiger charge is -2.45. The van der Waals surface area contributed by atoms with Crippen LogP contribution in [0, 0.1) is 6.92 Å². The summed E-state index contributed by atoms with van der Waals surface area (Å²) < 4.78 is 2.23. The lowest BCUT2D eigenvalue weighted by atomic mass is 9.80. The van der Waals surface area contributed by atoms with Crippen LogP contribution >= 0.6 is 0 Å². The van der Waals surface area contributed by atoms with Crippen molar-refractivity contribution < 1.29 is 0 Å². The Kier molecular flexibility index (Phi) is 4.99. The van der Waals surface area contributed by atoms with Gasteiger partial charge in [-0.2, -0.15) is 0 Å². The van der Waals surface area contributed by atoms with Gasteiger partial charge in [0, 0.05) is 37.6 Å². The minimum Gasteiger partial charge on any atom is -0.334 e. The molecule has 1 aliphatic rings. The molecule has 0 bridgehead atoms. The smallest absolute Gasteiger partial charge is 0.105 e. The van der Waals surface area contributed by atoms with Crippen LogP contribution in [-0.2, 0) is 6.54 Å². The maximum Gasteiger partial charge on any atom is 0.105 e. The average Bonchev–Trinajstić information content (AvgIpc) is 2.86. The fourth-order valence-corrected chi connectivity index (χ4v) is 3.46. The van der Waals surface area contributed by atoms with Gasteiger partial charge in [0.25, 0.3) is 0 Å². The molecule has 2 rings (SSSR count). The van der Waals surface area contributed by atoms with Gasteiger partial charge in [-0.3, -0.25) is 4.90 Å². The Morgan fingerprint density at radius 1 is 1.37 bits per heavy atom. The number of likely N-dealkylation sites (N-methyl/N-ethyl adjacent to an activating group) is 1. The quantitative estimate of drug-likeness (QED) is 0.856. The van der Waals surface area contributed by atoms with Gasteiger partial charge in [-0.05, 0) is 26.3 Å². The Bertz CT molecular complexity index is 379. The summed E-state index contributed by atoms with van der Waals surface area (Å²) in [6.07, 6.45) is 10.5. The van der Waals surface area contributed by atoms with E-state index in [0.717, 1.165) is 32.0 Å². The molecule has 0 spiro atoms. The van der Waals surface area contributed by atoms with Gasteiger partial charge in [0.1, 0.15) is 5.82 Å². The first-order valence-corrected chi connectivity index (χ1v) is 7.65. The predicted octanol–water partition coefficient (Wildman–Crippen LogP) is 2.18. The summed E-state index contributed by atoms with van der Waals surface area (Å²) >= 11 is 0. The second kappa shape index (κ2) is 6.53. The van der Waals surface area contributed by atoms with Crippen LogP contribution in [0.4, 0.5) is 0 Å². The highest BCUT2D eigenvalue weighted by Gasteiger charge is 2.35. The highest BCUT2D eigenvalue weighted by atomic mass is 15.2. The first kappa shape index (κ1) is 14.5. The monoisotopic (exact) mass is 264 g/mol. The number of rotatable bonds is 6. The van der Waals surface area contributed by atoms with Crippen molar-refractivity contribution >= 4 is 0 Å². The van der Waals surface area contributed by atoms with Crippen LogP contribution in [0.3, 0.4) is 0 Å². The SMILES string of the molecule is CCN(CCn1ccnc1C)C1(CN)CCCCC1. The van der Waals surface area contributed by atoms with Crippen LogP contribution < -0.4 is 5.73 Å². The molecule has 0 atom stereocenters. The molecule has 4 heteroatoms. The molecular formula is C15H28N4. The fraction of sp³-hybridized carbons (Fsp3) is 0.800. The van der Waals surface area contributed by atoms with E-state index < -0.39 is 0 Å². The summed E-state index contributed by atoms with van der Waals surface area (Å²) in [7, 11) is 0. The van der Waals surface area contributed by atoms with Crippen molar-refractivity contribution in [1.29, 1.82) is 0 Å². The van der Waals surface area contributed by atoms with Gasteiger partial charge in [0.15, 0.2) is 0 Å². The van der Waals surface area contributed by atoms with E-state index in [0.29, 0.717) is 0 Å². The number of hydrogen-bond acceptors (Lipinski definition) is 3. The van der Waals surface area contributed by atoms with Gasteiger partial charge in [0.05, 0.1) is 0 Å². The summed E-state index contributed by atoms with van der Waals surface area (Å²) in [4.78, 5) is 6.89. The summed E-state index contributed by atoms with van der Waals surface area (Å²) in [5.41, 5.74) is 6.38. The Morgan fingerprint density at radius 2 is 2.11 bits per heavy atom. The van der Waals surface area contributed by atoms with E-state index >= 15 is 0 Å². The molecule has 19 heavy (non-hydrogen) atoms. The van der Waals surface area contributed by atoms with Crippen molar-refractivity contribution in [2.75, 3.05) is 19.6 Å².